The Labute approximate surface area is 133 Å². The van der Waals surface area contributed by atoms with Gasteiger partial charge in [0.25, 0.3) is 0 Å². The third-order valence-corrected chi connectivity index (χ3v) is 4.52. The minimum absolute atomic E-state index is 0. The number of β-lactam (4-membered cyclic amide) rings is 1. The maximum Gasteiger partial charge on any atom is 1.00 e. The van der Waals surface area contributed by atoms with Crippen LogP contribution in [0.25, 0.3) is 0 Å². The van der Waals surface area contributed by atoms with Gasteiger partial charge < -0.3 is 19.9 Å². The molecule has 1 saturated carbocycles. The molecule has 1 unspecified atom stereocenters. The molecule has 5 nitrogen and oxygen atoms in total. The van der Waals surface area contributed by atoms with E-state index in [4.69, 9.17) is 0 Å². The van der Waals surface area contributed by atoms with E-state index < -0.39 is 18.0 Å². The van der Waals surface area contributed by atoms with Crippen LogP contribution in [0.5, 0.6) is 0 Å². The van der Waals surface area contributed by atoms with Crippen molar-refractivity contribution in [2.24, 2.45) is 11.8 Å². The van der Waals surface area contributed by atoms with Crippen LogP contribution in [0.2, 0.25) is 0 Å². The molecule has 98 valence electrons. The van der Waals surface area contributed by atoms with Crippen molar-refractivity contribution >= 4 is 11.9 Å². The van der Waals surface area contributed by atoms with Gasteiger partial charge in [-0.2, -0.15) is 0 Å². The first-order valence-electron chi connectivity index (χ1n) is 6.49. The Hall–Kier alpha value is -0.360. The quantitative estimate of drug-likeness (QED) is 0.416. The molecule has 6 heteroatoms. The Morgan fingerprint density at radius 1 is 1.47 bits per heavy atom. The molecule has 4 atom stereocenters. The maximum atomic E-state index is 12.0. The predicted octanol–water partition coefficient (Wildman–Crippen LogP) is -3.59. The van der Waals surface area contributed by atoms with Gasteiger partial charge in [0.05, 0.1) is 29.7 Å². The molecule has 3 rings (SSSR count). The van der Waals surface area contributed by atoms with E-state index in [0.717, 1.165) is 31.3 Å². The molecular weight excluding hydrogens is 257 g/mol. The third kappa shape index (κ3) is 1.98. The van der Waals surface area contributed by atoms with Crippen molar-refractivity contribution in [2.45, 2.75) is 44.8 Å². The zero-order valence-electron chi connectivity index (χ0n) is 11.3. The van der Waals surface area contributed by atoms with Crippen molar-refractivity contribution in [2.75, 3.05) is 0 Å². The second-order valence-corrected chi connectivity index (χ2v) is 5.48. The molecule has 19 heavy (non-hydrogen) atoms. The van der Waals surface area contributed by atoms with Crippen LogP contribution in [0.1, 0.15) is 32.6 Å². The number of carbonyl (C=O) groups excluding carboxylic acids is 2. The molecule has 0 radical (unpaired) electrons. The van der Waals surface area contributed by atoms with E-state index in [1.165, 1.54) is 4.90 Å². The van der Waals surface area contributed by atoms with Gasteiger partial charge in [-0.1, -0.05) is 6.42 Å². The number of fused-ring (bicyclic) bond motifs is 3. The van der Waals surface area contributed by atoms with Gasteiger partial charge >= 0.3 is 29.6 Å². The molecule has 0 aromatic heterocycles. The summed E-state index contributed by atoms with van der Waals surface area (Å²) < 4.78 is 0. The van der Waals surface area contributed by atoms with Crippen LogP contribution in [-0.2, 0) is 9.59 Å². The number of hydrogen-bond acceptors (Lipinski definition) is 4. The zero-order valence-corrected chi connectivity index (χ0v) is 13.3. The van der Waals surface area contributed by atoms with E-state index in [1.807, 2.05) is 0 Å². The van der Waals surface area contributed by atoms with Crippen LogP contribution >= 0.6 is 0 Å². The molecule has 3 aliphatic rings. The van der Waals surface area contributed by atoms with E-state index in [-0.39, 0.29) is 53.1 Å². The Morgan fingerprint density at radius 2 is 2.16 bits per heavy atom. The van der Waals surface area contributed by atoms with Gasteiger partial charge in [-0.3, -0.25) is 4.79 Å². The van der Waals surface area contributed by atoms with Gasteiger partial charge in [-0.15, -0.1) is 0 Å². The Bertz CT molecular complexity index is 460. The summed E-state index contributed by atoms with van der Waals surface area (Å²) in [5.74, 6) is -1.85. The Kier molecular flexibility index (Phi) is 4.12. The van der Waals surface area contributed by atoms with E-state index in [2.05, 4.69) is 0 Å². The van der Waals surface area contributed by atoms with Crippen molar-refractivity contribution in [3.8, 4) is 0 Å². The molecule has 2 aliphatic heterocycles. The molecule has 1 amide bonds. The van der Waals surface area contributed by atoms with Gasteiger partial charge in [-0.25, -0.2) is 0 Å². The van der Waals surface area contributed by atoms with E-state index in [0.29, 0.717) is 0 Å². The molecule has 1 aliphatic carbocycles. The van der Waals surface area contributed by atoms with Gasteiger partial charge in [0, 0.05) is 5.92 Å². The normalized spacial score (nSPS) is 34.1. The van der Waals surface area contributed by atoms with Crippen molar-refractivity contribution in [1.29, 1.82) is 0 Å². The molecule has 0 aromatic carbocycles. The fraction of sp³-hybridized carbons (Fsp3) is 0.692. The molecule has 0 aromatic rings. The number of nitrogens with zero attached hydrogens (tertiary/aromatic N) is 1. The van der Waals surface area contributed by atoms with Crippen LogP contribution in [0.15, 0.2) is 11.3 Å². The van der Waals surface area contributed by atoms with Crippen LogP contribution in [0.3, 0.4) is 0 Å². The summed E-state index contributed by atoms with van der Waals surface area (Å²) in [6.07, 6.45) is 2.95. The van der Waals surface area contributed by atoms with Crippen LogP contribution < -0.4 is 34.7 Å². The number of aliphatic hydroxyl groups excluding tert-OH is 1. The van der Waals surface area contributed by atoms with Crippen molar-refractivity contribution < 1.29 is 49.4 Å². The van der Waals surface area contributed by atoms with Crippen molar-refractivity contribution in [3.05, 3.63) is 11.3 Å². The first-order chi connectivity index (χ1) is 8.54. The number of amides is 1. The van der Waals surface area contributed by atoms with Crippen molar-refractivity contribution in [3.63, 3.8) is 0 Å². The molecular formula is C13H16NNaO4. The molecule has 1 N–H and O–H groups in total. The first kappa shape index (κ1) is 15.0. The van der Waals surface area contributed by atoms with Gasteiger partial charge in [0.2, 0.25) is 5.91 Å². The van der Waals surface area contributed by atoms with Crippen LogP contribution in [0.4, 0.5) is 0 Å². The maximum absolute atomic E-state index is 12.0. The minimum atomic E-state index is -1.25. The number of carbonyl (C=O) groups is 2. The number of aliphatic carboxylic acids is 1. The fourth-order valence-corrected chi connectivity index (χ4v) is 3.81. The number of carboxylic acids is 1. The average molecular weight is 273 g/mol. The summed E-state index contributed by atoms with van der Waals surface area (Å²) >= 11 is 0. The second kappa shape index (κ2) is 5.20. The smallest absolute Gasteiger partial charge is 0.543 e. The summed E-state index contributed by atoms with van der Waals surface area (Å²) in [7, 11) is 0. The number of aliphatic hydroxyl groups is 1. The van der Waals surface area contributed by atoms with Gasteiger partial charge in [-0.05, 0) is 31.8 Å². The van der Waals surface area contributed by atoms with Gasteiger partial charge in [0.1, 0.15) is 0 Å². The number of rotatable bonds is 2. The van der Waals surface area contributed by atoms with Gasteiger partial charge in [0.15, 0.2) is 0 Å². The average Bonchev–Trinajstić information content (AvgIpc) is 2.60. The molecule has 1 saturated heterocycles. The standard InChI is InChI=1S/C13H17NO4.Na/c1-6(15)9-10-7-4-2-3-5-8(7)11(13(17)18)14(10)12(9)16;/h6-7,9-10,15H,2-5H2,1H3,(H,17,18);/q;+1/p-1/t6-,7?,9-,10-;/m1./s1. The van der Waals surface area contributed by atoms with E-state index >= 15 is 0 Å². The predicted molar refractivity (Wildman–Crippen MR) is 59.8 cm³/mol. The number of hydrogen-bond donors (Lipinski definition) is 1. The molecule has 0 spiro atoms. The molecule has 0 bridgehead atoms. The monoisotopic (exact) mass is 273 g/mol. The van der Waals surface area contributed by atoms with E-state index in [9.17, 15) is 19.8 Å². The molecule has 2 fully saturated rings. The topological polar surface area (TPSA) is 80.7 Å². The molecule has 2 heterocycles. The van der Waals surface area contributed by atoms with Crippen LogP contribution in [-0.4, -0.2) is 34.0 Å². The van der Waals surface area contributed by atoms with Crippen LogP contribution in [0, 0.1) is 11.8 Å². The Morgan fingerprint density at radius 3 is 2.74 bits per heavy atom. The van der Waals surface area contributed by atoms with E-state index in [1.54, 1.807) is 6.92 Å². The fourth-order valence-electron chi connectivity index (χ4n) is 3.81. The summed E-state index contributed by atoms with van der Waals surface area (Å²) in [6, 6.07) is -0.152. The second-order valence-electron chi connectivity index (χ2n) is 5.48. The Balaban J connectivity index is 0.00000133. The third-order valence-electron chi connectivity index (χ3n) is 4.52. The summed E-state index contributed by atoms with van der Waals surface area (Å²) in [6.45, 7) is 1.60. The first-order valence-corrected chi connectivity index (χ1v) is 6.49. The summed E-state index contributed by atoms with van der Waals surface area (Å²) in [4.78, 5) is 24.6. The summed E-state index contributed by atoms with van der Waals surface area (Å²) in [5.41, 5.74) is 0.953. The van der Waals surface area contributed by atoms with Crippen molar-refractivity contribution in [1.82, 2.24) is 4.90 Å². The largest absolute Gasteiger partial charge is 1.00 e. The summed E-state index contributed by atoms with van der Waals surface area (Å²) in [5, 5.41) is 20.9. The number of carboxylic acid groups (broad SMARTS) is 1. The SMILES string of the molecule is C[C@@H](O)[C@H]1C(=O)N2C(C(=O)[O-])=C3CCCCC3[C@H]12.[Na+]. The zero-order chi connectivity index (χ0) is 13.0. The minimum Gasteiger partial charge on any atom is -0.543 e.